The van der Waals surface area contributed by atoms with Gasteiger partial charge in [0.25, 0.3) is 0 Å². The van der Waals surface area contributed by atoms with Crippen molar-refractivity contribution >= 4 is 39.4 Å². The predicted octanol–water partition coefficient (Wildman–Crippen LogP) is 2.79. The fraction of sp³-hybridized carbons (Fsp3) is 0.526. The van der Waals surface area contributed by atoms with E-state index in [1.54, 1.807) is 4.90 Å². The molecule has 1 saturated carbocycles. The number of halogens is 1. The summed E-state index contributed by atoms with van der Waals surface area (Å²) in [6, 6.07) is 7.44. The van der Waals surface area contributed by atoms with E-state index in [-0.39, 0.29) is 18.2 Å². The predicted molar refractivity (Wildman–Crippen MR) is 101 cm³/mol. The van der Waals surface area contributed by atoms with Crippen LogP contribution < -0.4 is 10.2 Å². The maximum atomic E-state index is 12.8. The maximum Gasteiger partial charge on any atom is 0.331 e. The summed E-state index contributed by atoms with van der Waals surface area (Å²) in [5.41, 5.74) is -0.193. The van der Waals surface area contributed by atoms with Crippen LogP contribution in [-0.4, -0.2) is 37.0 Å². The Morgan fingerprint density at radius 1 is 1.23 bits per heavy atom. The van der Waals surface area contributed by atoms with Gasteiger partial charge in [0, 0.05) is 17.4 Å². The van der Waals surface area contributed by atoms with Crippen LogP contribution in [-0.2, 0) is 19.1 Å². The van der Waals surface area contributed by atoms with Gasteiger partial charge in [0.1, 0.15) is 5.54 Å². The normalized spacial score (nSPS) is 22.2. The molecule has 1 aromatic rings. The zero-order valence-electron chi connectivity index (χ0n) is 14.8. The van der Waals surface area contributed by atoms with Crippen molar-refractivity contribution in [2.75, 3.05) is 18.6 Å². The molecule has 0 bridgehead atoms. The summed E-state index contributed by atoms with van der Waals surface area (Å²) in [5, 5.41) is 2.93. The van der Waals surface area contributed by atoms with E-state index in [2.05, 4.69) is 21.2 Å². The first-order valence-electron chi connectivity index (χ1n) is 8.92. The van der Waals surface area contributed by atoms with E-state index in [0.29, 0.717) is 19.4 Å². The molecule has 0 radical (unpaired) electrons. The number of para-hydroxylation sites is 1. The highest BCUT2D eigenvalue weighted by atomic mass is 79.9. The standard InChI is InChI=1S/C19H23BrN2O4/c1-26-18(25)19(9-5-2-6-10-19)21-17(24)13-11-16(23)22(12-13)15-8-4-3-7-14(15)20/h3-4,7-8,13H,2,5-6,9-12H2,1H3,(H,21,24). The van der Waals surface area contributed by atoms with Crippen molar-refractivity contribution in [1.82, 2.24) is 5.32 Å². The first-order chi connectivity index (χ1) is 12.5. The third-order valence-electron chi connectivity index (χ3n) is 5.28. The lowest BCUT2D eigenvalue weighted by Crippen LogP contribution is -2.57. The molecule has 1 unspecified atom stereocenters. The van der Waals surface area contributed by atoms with E-state index in [1.165, 1.54) is 7.11 Å². The fourth-order valence-corrected chi connectivity index (χ4v) is 4.35. The number of hydrogen-bond donors (Lipinski definition) is 1. The number of esters is 1. The van der Waals surface area contributed by atoms with Crippen LogP contribution in [0.15, 0.2) is 28.7 Å². The van der Waals surface area contributed by atoms with E-state index >= 15 is 0 Å². The Morgan fingerprint density at radius 3 is 2.58 bits per heavy atom. The number of nitrogens with zero attached hydrogens (tertiary/aromatic N) is 1. The van der Waals surface area contributed by atoms with Gasteiger partial charge in [-0.05, 0) is 40.9 Å². The summed E-state index contributed by atoms with van der Waals surface area (Å²) in [5.74, 6) is -1.20. The zero-order valence-corrected chi connectivity index (χ0v) is 16.4. The number of hydrogen-bond acceptors (Lipinski definition) is 4. The third kappa shape index (κ3) is 3.63. The Bertz CT molecular complexity index is 715. The largest absolute Gasteiger partial charge is 0.467 e. The molecule has 2 amide bonds. The highest BCUT2D eigenvalue weighted by Gasteiger charge is 2.45. The van der Waals surface area contributed by atoms with Gasteiger partial charge in [-0.25, -0.2) is 4.79 Å². The number of ether oxygens (including phenoxy) is 1. The zero-order chi connectivity index (χ0) is 18.7. The molecule has 1 atom stereocenters. The lowest BCUT2D eigenvalue weighted by Gasteiger charge is -2.35. The van der Waals surface area contributed by atoms with Gasteiger partial charge < -0.3 is 15.0 Å². The first-order valence-corrected chi connectivity index (χ1v) is 9.71. The van der Waals surface area contributed by atoms with Crippen LogP contribution in [0.3, 0.4) is 0 Å². The Balaban J connectivity index is 1.73. The highest BCUT2D eigenvalue weighted by Crippen LogP contribution is 2.33. The van der Waals surface area contributed by atoms with Crippen LogP contribution in [0.25, 0.3) is 0 Å². The second-order valence-corrected chi connectivity index (χ2v) is 7.83. The van der Waals surface area contributed by atoms with Crippen molar-refractivity contribution in [3.8, 4) is 0 Å². The molecule has 1 aromatic carbocycles. The summed E-state index contributed by atoms with van der Waals surface area (Å²) in [6.07, 6.45) is 4.11. The van der Waals surface area contributed by atoms with E-state index < -0.39 is 17.4 Å². The molecule has 3 rings (SSSR count). The molecule has 1 aliphatic carbocycles. The van der Waals surface area contributed by atoms with Crippen LogP contribution in [0.4, 0.5) is 5.69 Å². The Hall–Kier alpha value is -1.89. The number of nitrogens with one attached hydrogen (secondary N) is 1. The number of carbonyl (C=O) groups is 3. The van der Waals surface area contributed by atoms with Crippen molar-refractivity contribution in [2.24, 2.45) is 5.92 Å². The van der Waals surface area contributed by atoms with E-state index in [4.69, 9.17) is 4.74 Å². The molecular weight excluding hydrogens is 400 g/mol. The van der Waals surface area contributed by atoms with Crippen LogP contribution in [0, 0.1) is 5.92 Å². The molecule has 1 saturated heterocycles. The number of amides is 2. The first kappa shape index (κ1) is 18.9. The minimum atomic E-state index is -0.951. The second kappa shape index (κ2) is 7.78. The summed E-state index contributed by atoms with van der Waals surface area (Å²) >= 11 is 3.45. The second-order valence-electron chi connectivity index (χ2n) is 6.98. The van der Waals surface area contributed by atoms with Crippen molar-refractivity contribution in [3.63, 3.8) is 0 Å². The molecule has 0 aromatic heterocycles. The number of methoxy groups -OCH3 is 1. The highest BCUT2D eigenvalue weighted by molar-refractivity contribution is 9.10. The van der Waals surface area contributed by atoms with Crippen LogP contribution in [0.1, 0.15) is 38.5 Å². The quantitative estimate of drug-likeness (QED) is 0.756. The summed E-state index contributed by atoms with van der Waals surface area (Å²) < 4.78 is 5.76. The van der Waals surface area contributed by atoms with Gasteiger partial charge in [0.05, 0.1) is 18.7 Å². The van der Waals surface area contributed by atoms with E-state index in [1.807, 2.05) is 24.3 Å². The molecule has 140 valence electrons. The van der Waals surface area contributed by atoms with Crippen LogP contribution in [0.5, 0.6) is 0 Å². The average Bonchev–Trinajstić information content (AvgIpc) is 3.04. The third-order valence-corrected chi connectivity index (χ3v) is 5.96. The molecule has 2 fully saturated rings. The minimum Gasteiger partial charge on any atom is -0.467 e. The lowest BCUT2D eigenvalue weighted by molar-refractivity contribution is -0.153. The lowest BCUT2D eigenvalue weighted by atomic mass is 9.81. The average molecular weight is 423 g/mol. The number of carbonyl (C=O) groups excluding carboxylic acids is 3. The van der Waals surface area contributed by atoms with Crippen LogP contribution >= 0.6 is 15.9 Å². The molecule has 7 heteroatoms. The molecular formula is C19H23BrN2O4. The smallest absolute Gasteiger partial charge is 0.331 e. The van der Waals surface area contributed by atoms with Crippen molar-refractivity contribution in [3.05, 3.63) is 28.7 Å². The summed E-state index contributed by atoms with van der Waals surface area (Å²) in [4.78, 5) is 39.2. The van der Waals surface area contributed by atoms with E-state index in [0.717, 1.165) is 29.4 Å². The van der Waals surface area contributed by atoms with Gasteiger partial charge in [-0.1, -0.05) is 31.4 Å². The molecule has 0 spiro atoms. The van der Waals surface area contributed by atoms with Crippen LogP contribution in [0.2, 0.25) is 0 Å². The molecule has 1 N–H and O–H groups in total. The van der Waals surface area contributed by atoms with Gasteiger partial charge in [0.15, 0.2) is 0 Å². The van der Waals surface area contributed by atoms with Crippen molar-refractivity contribution in [2.45, 2.75) is 44.1 Å². The van der Waals surface area contributed by atoms with Crippen molar-refractivity contribution < 1.29 is 19.1 Å². The number of rotatable bonds is 4. The monoisotopic (exact) mass is 422 g/mol. The van der Waals surface area contributed by atoms with Crippen molar-refractivity contribution in [1.29, 1.82) is 0 Å². The van der Waals surface area contributed by atoms with Gasteiger partial charge in [-0.15, -0.1) is 0 Å². The Labute approximate surface area is 161 Å². The van der Waals surface area contributed by atoms with Gasteiger partial charge in [-0.3, -0.25) is 9.59 Å². The molecule has 26 heavy (non-hydrogen) atoms. The number of anilines is 1. The Kier molecular flexibility index (Phi) is 5.65. The maximum absolute atomic E-state index is 12.8. The summed E-state index contributed by atoms with van der Waals surface area (Å²) in [7, 11) is 1.35. The molecule has 1 aliphatic heterocycles. The number of benzene rings is 1. The fourth-order valence-electron chi connectivity index (χ4n) is 3.86. The van der Waals surface area contributed by atoms with Gasteiger partial charge in [-0.2, -0.15) is 0 Å². The summed E-state index contributed by atoms with van der Waals surface area (Å²) in [6.45, 7) is 0.310. The van der Waals surface area contributed by atoms with E-state index in [9.17, 15) is 14.4 Å². The topological polar surface area (TPSA) is 75.7 Å². The molecule has 1 heterocycles. The molecule has 6 nitrogen and oxygen atoms in total. The Morgan fingerprint density at radius 2 is 1.92 bits per heavy atom. The minimum absolute atomic E-state index is 0.0900. The SMILES string of the molecule is COC(=O)C1(NC(=O)C2CC(=O)N(c3ccccc3Br)C2)CCCCC1. The molecule has 2 aliphatic rings. The van der Waals surface area contributed by atoms with Gasteiger partial charge >= 0.3 is 5.97 Å². The van der Waals surface area contributed by atoms with Gasteiger partial charge in [0.2, 0.25) is 11.8 Å².